The van der Waals surface area contributed by atoms with E-state index < -0.39 is 0 Å². The first kappa shape index (κ1) is 9.39. The number of rotatable bonds is 3. The van der Waals surface area contributed by atoms with Gasteiger partial charge in [0.2, 0.25) is 0 Å². The number of nitrogens with zero attached hydrogens (tertiary/aromatic N) is 3. The van der Waals surface area contributed by atoms with E-state index in [1.54, 1.807) is 23.3 Å². The summed E-state index contributed by atoms with van der Waals surface area (Å²) in [5, 5.41) is 11.4. The average Bonchev–Trinajstić information content (AvgIpc) is 2.85. The fraction of sp³-hybridized carbons (Fsp3) is 0.100. The fourth-order valence-electron chi connectivity index (χ4n) is 1.28. The quantitative estimate of drug-likeness (QED) is 0.735. The summed E-state index contributed by atoms with van der Waals surface area (Å²) in [6.45, 7) is 0. The second-order valence-electron chi connectivity index (χ2n) is 3.12. The predicted octanol–water partition coefficient (Wildman–Crippen LogP) is 1.33. The largest absolute Gasteiger partial charge is 0.345 e. The standard InChI is InChI=1S/C10H11N5/c1-15-7-9(6-14-15)8(5-11)4-10-12-2-3-13-10/h2-7,11H,1H3,(H,12,13)/b8-4+,11-5?. The summed E-state index contributed by atoms with van der Waals surface area (Å²) >= 11 is 0. The first-order chi connectivity index (χ1) is 7.29. The van der Waals surface area contributed by atoms with Gasteiger partial charge >= 0.3 is 0 Å². The molecule has 2 aromatic heterocycles. The van der Waals surface area contributed by atoms with Crippen LogP contribution in [0.15, 0.2) is 24.8 Å². The SMILES string of the molecule is Cn1cc(/C(C=N)=C/c2ncc[nH]2)cn1. The number of aromatic nitrogens is 4. The van der Waals surface area contributed by atoms with E-state index in [9.17, 15) is 0 Å². The molecule has 0 aliphatic rings. The molecule has 0 unspecified atom stereocenters. The normalized spacial score (nSPS) is 11.7. The predicted molar refractivity (Wildman–Crippen MR) is 58.5 cm³/mol. The summed E-state index contributed by atoms with van der Waals surface area (Å²) in [6, 6.07) is 0. The molecule has 0 aliphatic heterocycles. The highest BCUT2D eigenvalue weighted by atomic mass is 15.2. The van der Waals surface area contributed by atoms with E-state index in [2.05, 4.69) is 15.1 Å². The summed E-state index contributed by atoms with van der Waals surface area (Å²) in [7, 11) is 1.85. The van der Waals surface area contributed by atoms with Gasteiger partial charge in [0.1, 0.15) is 5.82 Å². The summed E-state index contributed by atoms with van der Waals surface area (Å²) in [6.07, 6.45) is 10.1. The van der Waals surface area contributed by atoms with Crippen LogP contribution >= 0.6 is 0 Å². The Morgan fingerprint density at radius 1 is 1.60 bits per heavy atom. The van der Waals surface area contributed by atoms with Crippen molar-refractivity contribution >= 4 is 17.9 Å². The van der Waals surface area contributed by atoms with Crippen LogP contribution in [0.2, 0.25) is 0 Å². The van der Waals surface area contributed by atoms with Crippen LogP contribution in [-0.4, -0.2) is 26.0 Å². The number of hydrogen-bond acceptors (Lipinski definition) is 3. The topological polar surface area (TPSA) is 70.3 Å². The minimum Gasteiger partial charge on any atom is -0.345 e. The Morgan fingerprint density at radius 2 is 2.47 bits per heavy atom. The van der Waals surface area contributed by atoms with Crippen LogP contribution in [0, 0.1) is 5.41 Å². The lowest BCUT2D eigenvalue weighted by atomic mass is 10.1. The number of hydrogen-bond donors (Lipinski definition) is 2. The average molecular weight is 201 g/mol. The van der Waals surface area contributed by atoms with Gasteiger partial charge in [-0.25, -0.2) is 4.98 Å². The van der Waals surface area contributed by atoms with Gasteiger partial charge < -0.3 is 10.4 Å². The van der Waals surface area contributed by atoms with Crippen molar-refractivity contribution in [2.24, 2.45) is 7.05 Å². The molecule has 2 aromatic rings. The molecule has 0 saturated heterocycles. The third kappa shape index (κ3) is 2.01. The lowest BCUT2D eigenvalue weighted by Crippen LogP contribution is -1.86. The van der Waals surface area contributed by atoms with Crippen molar-refractivity contribution < 1.29 is 0 Å². The van der Waals surface area contributed by atoms with Gasteiger partial charge in [-0.05, 0) is 6.08 Å². The van der Waals surface area contributed by atoms with Crippen molar-refractivity contribution in [3.8, 4) is 0 Å². The summed E-state index contributed by atoms with van der Waals surface area (Å²) < 4.78 is 1.70. The molecule has 5 nitrogen and oxygen atoms in total. The van der Waals surface area contributed by atoms with Gasteiger partial charge in [-0.3, -0.25) is 4.68 Å². The number of imidazole rings is 1. The van der Waals surface area contributed by atoms with Gasteiger partial charge in [0.25, 0.3) is 0 Å². The van der Waals surface area contributed by atoms with Crippen molar-refractivity contribution in [1.29, 1.82) is 5.41 Å². The minimum absolute atomic E-state index is 0.734. The molecule has 0 radical (unpaired) electrons. The van der Waals surface area contributed by atoms with Gasteiger partial charge in [0, 0.05) is 43.0 Å². The zero-order chi connectivity index (χ0) is 10.7. The van der Waals surface area contributed by atoms with Crippen LogP contribution in [-0.2, 0) is 7.05 Å². The van der Waals surface area contributed by atoms with E-state index in [0.29, 0.717) is 0 Å². The lowest BCUT2D eigenvalue weighted by Gasteiger charge is -1.94. The molecule has 0 saturated carbocycles. The Hall–Kier alpha value is -2.17. The molecule has 2 heterocycles. The highest BCUT2D eigenvalue weighted by Gasteiger charge is 2.01. The van der Waals surface area contributed by atoms with Crippen molar-refractivity contribution in [3.63, 3.8) is 0 Å². The molecule has 2 rings (SSSR count). The summed E-state index contributed by atoms with van der Waals surface area (Å²) in [5.74, 6) is 0.734. The van der Waals surface area contributed by atoms with E-state index >= 15 is 0 Å². The summed E-state index contributed by atoms with van der Waals surface area (Å²) in [5.41, 5.74) is 1.68. The van der Waals surface area contributed by atoms with Crippen LogP contribution in [0.1, 0.15) is 11.4 Å². The van der Waals surface area contributed by atoms with Crippen LogP contribution in [0.5, 0.6) is 0 Å². The van der Waals surface area contributed by atoms with Gasteiger partial charge in [-0.1, -0.05) is 0 Å². The summed E-state index contributed by atoms with van der Waals surface area (Å²) in [4.78, 5) is 7.03. The molecule has 15 heavy (non-hydrogen) atoms. The number of nitrogens with one attached hydrogen (secondary N) is 2. The molecule has 0 fully saturated rings. The molecule has 0 aromatic carbocycles. The number of H-pyrrole nitrogens is 1. The molecule has 0 atom stereocenters. The monoisotopic (exact) mass is 201 g/mol. The maximum Gasteiger partial charge on any atom is 0.130 e. The Bertz CT molecular complexity index is 478. The first-order valence-corrected chi connectivity index (χ1v) is 4.50. The molecule has 0 amide bonds. The van der Waals surface area contributed by atoms with Crippen molar-refractivity contribution in [1.82, 2.24) is 19.7 Å². The van der Waals surface area contributed by atoms with Gasteiger partial charge in [0.15, 0.2) is 0 Å². The zero-order valence-corrected chi connectivity index (χ0v) is 8.31. The third-order valence-electron chi connectivity index (χ3n) is 2.01. The van der Waals surface area contributed by atoms with Crippen LogP contribution in [0.25, 0.3) is 11.6 Å². The number of allylic oxidation sites excluding steroid dienone is 1. The van der Waals surface area contributed by atoms with Crippen molar-refractivity contribution in [2.75, 3.05) is 0 Å². The van der Waals surface area contributed by atoms with E-state index in [1.807, 2.05) is 19.3 Å². The number of aryl methyl sites for hydroxylation is 1. The van der Waals surface area contributed by atoms with Crippen LogP contribution in [0.4, 0.5) is 0 Å². The third-order valence-corrected chi connectivity index (χ3v) is 2.01. The first-order valence-electron chi connectivity index (χ1n) is 4.50. The van der Waals surface area contributed by atoms with Crippen LogP contribution < -0.4 is 0 Å². The smallest absolute Gasteiger partial charge is 0.130 e. The van der Waals surface area contributed by atoms with E-state index in [1.165, 1.54) is 6.21 Å². The fourth-order valence-corrected chi connectivity index (χ4v) is 1.28. The molecule has 0 aliphatic carbocycles. The molecular formula is C10H11N5. The highest BCUT2D eigenvalue weighted by Crippen LogP contribution is 2.13. The van der Waals surface area contributed by atoms with Crippen molar-refractivity contribution in [2.45, 2.75) is 0 Å². The van der Waals surface area contributed by atoms with E-state index in [0.717, 1.165) is 17.0 Å². The minimum atomic E-state index is 0.734. The molecule has 0 spiro atoms. The van der Waals surface area contributed by atoms with E-state index in [4.69, 9.17) is 5.41 Å². The van der Waals surface area contributed by atoms with Crippen molar-refractivity contribution in [3.05, 3.63) is 36.2 Å². The Morgan fingerprint density at radius 3 is 3.00 bits per heavy atom. The molecule has 2 N–H and O–H groups in total. The Labute approximate surface area is 87.0 Å². The van der Waals surface area contributed by atoms with E-state index in [-0.39, 0.29) is 0 Å². The zero-order valence-electron chi connectivity index (χ0n) is 8.31. The second-order valence-corrected chi connectivity index (χ2v) is 3.12. The maximum absolute atomic E-state index is 7.34. The molecule has 76 valence electrons. The van der Waals surface area contributed by atoms with Crippen LogP contribution in [0.3, 0.4) is 0 Å². The molecular weight excluding hydrogens is 190 g/mol. The molecule has 5 heteroatoms. The van der Waals surface area contributed by atoms with Gasteiger partial charge in [-0.15, -0.1) is 0 Å². The van der Waals surface area contributed by atoms with Gasteiger partial charge in [0.05, 0.1) is 6.20 Å². The maximum atomic E-state index is 7.34. The molecule has 0 bridgehead atoms. The Kier molecular flexibility index (Phi) is 2.45. The lowest BCUT2D eigenvalue weighted by molar-refractivity contribution is 0.767. The van der Waals surface area contributed by atoms with Gasteiger partial charge in [-0.2, -0.15) is 5.10 Å². The number of aromatic amines is 1. The Balaban J connectivity index is 2.36. The second kappa shape index (κ2) is 3.91. The highest BCUT2D eigenvalue weighted by molar-refractivity contribution is 6.13.